The first kappa shape index (κ1) is 19.5. The lowest BCUT2D eigenvalue weighted by molar-refractivity contribution is 0.780. The molecular formula is C26H17ClN6. The highest BCUT2D eigenvalue weighted by atomic mass is 35.5. The van der Waals surface area contributed by atoms with Crippen LogP contribution in [0.2, 0.25) is 5.02 Å². The monoisotopic (exact) mass is 448 g/mol. The summed E-state index contributed by atoms with van der Waals surface area (Å²) in [5.74, 6) is 0.832. The maximum absolute atomic E-state index is 10.1. The molecule has 0 atom stereocenters. The molecule has 0 spiro atoms. The van der Waals surface area contributed by atoms with Gasteiger partial charge in [0.15, 0.2) is 5.65 Å². The van der Waals surface area contributed by atoms with E-state index >= 15 is 0 Å². The maximum Gasteiger partial charge on any atom is 0.157 e. The molecular weight excluding hydrogens is 432 g/mol. The topological polar surface area (TPSA) is 71.8 Å². The summed E-state index contributed by atoms with van der Waals surface area (Å²) in [5.41, 5.74) is 7.55. The number of fused-ring (bicyclic) bond motifs is 4. The van der Waals surface area contributed by atoms with Crippen molar-refractivity contribution in [2.24, 2.45) is 0 Å². The Bertz CT molecular complexity index is 1720. The van der Waals surface area contributed by atoms with Gasteiger partial charge >= 0.3 is 0 Å². The first-order valence-electron chi connectivity index (χ1n) is 10.5. The van der Waals surface area contributed by atoms with Crippen molar-refractivity contribution in [1.82, 2.24) is 24.4 Å². The van der Waals surface area contributed by atoms with E-state index in [0.29, 0.717) is 22.7 Å². The van der Waals surface area contributed by atoms with Crippen molar-refractivity contribution in [1.29, 1.82) is 5.26 Å². The van der Waals surface area contributed by atoms with Crippen molar-refractivity contribution >= 4 is 39.3 Å². The Kier molecular flexibility index (Phi) is 4.39. The Morgan fingerprint density at radius 2 is 1.61 bits per heavy atom. The van der Waals surface area contributed by atoms with Crippen LogP contribution in [0.25, 0.3) is 33.5 Å². The number of hydrogen-bond acceptors (Lipinski definition) is 4. The van der Waals surface area contributed by atoms with Crippen molar-refractivity contribution in [2.75, 3.05) is 0 Å². The van der Waals surface area contributed by atoms with E-state index in [2.05, 4.69) is 16.4 Å². The van der Waals surface area contributed by atoms with Crippen LogP contribution in [0.4, 0.5) is 0 Å². The van der Waals surface area contributed by atoms with E-state index in [1.807, 2.05) is 88.8 Å². The predicted octanol–water partition coefficient (Wildman–Crippen LogP) is 5.65. The Hall–Kier alpha value is -4.21. The molecule has 0 amide bonds. The molecule has 0 bridgehead atoms. The van der Waals surface area contributed by atoms with Gasteiger partial charge in [-0.1, -0.05) is 53.2 Å². The van der Waals surface area contributed by atoms with Gasteiger partial charge in [0.2, 0.25) is 0 Å². The average Bonchev–Trinajstić information content (AvgIpc) is 3.43. The third kappa shape index (κ3) is 2.98. The van der Waals surface area contributed by atoms with Crippen LogP contribution in [0.3, 0.4) is 0 Å². The summed E-state index contributed by atoms with van der Waals surface area (Å²) in [6.45, 7) is 1.98. The minimum atomic E-state index is 0.559. The Labute approximate surface area is 194 Å². The molecule has 3 aromatic heterocycles. The predicted molar refractivity (Wildman–Crippen MR) is 129 cm³/mol. The molecule has 3 heterocycles. The van der Waals surface area contributed by atoms with Crippen LogP contribution in [0, 0.1) is 18.3 Å². The van der Waals surface area contributed by atoms with Gasteiger partial charge in [-0.2, -0.15) is 9.94 Å². The van der Waals surface area contributed by atoms with Crippen LogP contribution in [-0.2, 0) is 6.42 Å². The SMILES string of the molecule is Cc1c(Cc2ccc(Cl)cc2)c(-n2nnc3ccccc32)n2c(nc3ccccc32)c1C#N. The molecule has 33 heavy (non-hydrogen) atoms. The van der Waals surface area contributed by atoms with Gasteiger partial charge in [-0.25, -0.2) is 4.98 Å². The summed E-state index contributed by atoms with van der Waals surface area (Å²) < 4.78 is 3.89. The second kappa shape index (κ2) is 7.44. The normalized spacial score (nSPS) is 11.4. The number of nitrogens with zero attached hydrogens (tertiary/aromatic N) is 6. The third-order valence-corrected chi connectivity index (χ3v) is 6.30. The third-order valence-electron chi connectivity index (χ3n) is 6.05. The average molecular weight is 449 g/mol. The van der Waals surface area contributed by atoms with Crippen LogP contribution in [0.15, 0.2) is 72.8 Å². The van der Waals surface area contributed by atoms with Gasteiger partial charge in [0, 0.05) is 17.0 Å². The van der Waals surface area contributed by atoms with Gasteiger partial charge in [0.1, 0.15) is 17.4 Å². The lowest BCUT2D eigenvalue weighted by atomic mass is 9.97. The molecule has 0 unspecified atom stereocenters. The molecule has 0 aliphatic rings. The molecule has 6 nitrogen and oxygen atoms in total. The highest BCUT2D eigenvalue weighted by Gasteiger charge is 2.23. The Morgan fingerprint density at radius 3 is 2.36 bits per heavy atom. The van der Waals surface area contributed by atoms with Crippen molar-refractivity contribution in [3.63, 3.8) is 0 Å². The lowest BCUT2D eigenvalue weighted by Crippen LogP contribution is -2.13. The van der Waals surface area contributed by atoms with Gasteiger partial charge in [-0.05, 0) is 54.4 Å². The van der Waals surface area contributed by atoms with Gasteiger partial charge in [0.05, 0.1) is 22.1 Å². The van der Waals surface area contributed by atoms with E-state index < -0.39 is 0 Å². The summed E-state index contributed by atoms with van der Waals surface area (Å²) in [6.07, 6.45) is 0.601. The molecule has 0 saturated heterocycles. The zero-order valence-electron chi connectivity index (χ0n) is 17.7. The van der Waals surface area contributed by atoms with E-state index in [9.17, 15) is 5.26 Å². The van der Waals surface area contributed by atoms with Crippen molar-refractivity contribution < 1.29 is 0 Å². The van der Waals surface area contributed by atoms with Gasteiger partial charge in [0.25, 0.3) is 0 Å². The highest BCUT2D eigenvalue weighted by molar-refractivity contribution is 6.30. The summed E-state index contributed by atoms with van der Waals surface area (Å²) in [4.78, 5) is 4.82. The molecule has 0 aliphatic heterocycles. The van der Waals surface area contributed by atoms with Gasteiger partial charge in [-0.15, -0.1) is 5.10 Å². The number of hydrogen-bond donors (Lipinski definition) is 0. The molecule has 0 radical (unpaired) electrons. The Balaban J connectivity index is 1.78. The number of benzene rings is 3. The number of rotatable bonds is 3. The molecule has 0 fully saturated rings. The number of pyridine rings is 1. The Morgan fingerprint density at radius 1 is 0.909 bits per heavy atom. The summed E-state index contributed by atoms with van der Waals surface area (Å²) >= 11 is 6.12. The number of para-hydroxylation sites is 3. The zero-order chi connectivity index (χ0) is 22.5. The molecule has 3 aromatic carbocycles. The van der Waals surface area contributed by atoms with E-state index in [0.717, 1.165) is 44.6 Å². The largest absolute Gasteiger partial charge is 0.275 e. The van der Waals surface area contributed by atoms with Gasteiger partial charge in [-0.3, -0.25) is 4.40 Å². The quantitative estimate of drug-likeness (QED) is 0.351. The maximum atomic E-state index is 10.1. The first-order chi connectivity index (χ1) is 16.2. The fraction of sp³-hybridized carbons (Fsp3) is 0.0769. The standard InChI is InChI=1S/C26H17ClN6/c1-16-19(14-17-10-12-18(27)13-11-17)26(33-24-9-5-3-7-22(24)30-31-33)32-23-8-4-2-6-21(23)29-25(32)20(16)15-28/h2-13H,14H2,1H3. The van der Waals surface area contributed by atoms with E-state index in [4.69, 9.17) is 16.6 Å². The number of nitriles is 1. The van der Waals surface area contributed by atoms with Crippen molar-refractivity contribution in [3.05, 3.63) is 100 Å². The van der Waals surface area contributed by atoms with E-state index in [-0.39, 0.29) is 0 Å². The molecule has 6 aromatic rings. The minimum Gasteiger partial charge on any atom is -0.275 e. The number of halogens is 1. The number of aromatic nitrogens is 5. The van der Waals surface area contributed by atoms with Crippen LogP contribution < -0.4 is 0 Å². The lowest BCUT2D eigenvalue weighted by Gasteiger charge is -2.18. The second-order valence-electron chi connectivity index (χ2n) is 7.97. The van der Waals surface area contributed by atoms with Crippen LogP contribution in [0.1, 0.15) is 22.3 Å². The molecule has 7 heteroatoms. The van der Waals surface area contributed by atoms with Crippen LogP contribution in [-0.4, -0.2) is 24.4 Å². The number of imidazole rings is 1. The highest BCUT2D eigenvalue weighted by Crippen LogP contribution is 2.32. The molecule has 158 valence electrons. The minimum absolute atomic E-state index is 0.559. The molecule has 6 rings (SSSR count). The fourth-order valence-electron chi connectivity index (χ4n) is 4.43. The molecule has 0 N–H and O–H groups in total. The molecule has 0 saturated carbocycles. The van der Waals surface area contributed by atoms with Crippen molar-refractivity contribution in [3.8, 4) is 11.9 Å². The van der Waals surface area contributed by atoms with E-state index in [1.54, 1.807) is 0 Å². The summed E-state index contributed by atoms with van der Waals surface area (Å²) in [6, 6.07) is 25.9. The van der Waals surface area contributed by atoms with Crippen LogP contribution >= 0.6 is 11.6 Å². The summed E-state index contributed by atoms with van der Waals surface area (Å²) in [5, 5.41) is 19.7. The smallest absolute Gasteiger partial charge is 0.157 e. The van der Waals surface area contributed by atoms with Gasteiger partial charge < -0.3 is 0 Å². The van der Waals surface area contributed by atoms with Crippen LogP contribution in [0.5, 0.6) is 0 Å². The second-order valence-corrected chi connectivity index (χ2v) is 8.40. The fourth-order valence-corrected chi connectivity index (χ4v) is 4.56. The zero-order valence-corrected chi connectivity index (χ0v) is 18.5. The van der Waals surface area contributed by atoms with Crippen molar-refractivity contribution in [2.45, 2.75) is 13.3 Å². The molecule has 0 aliphatic carbocycles. The van der Waals surface area contributed by atoms with E-state index in [1.165, 1.54) is 0 Å². The summed E-state index contributed by atoms with van der Waals surface area (Å²) in [7, 11) is 0. The first-order valence-corrected chi connectivity index (χ1v) is 10.9.